The Labute approximate surface area is 194 Å². The molecule has 2 aliphatic rings. The van der Waals surface area contributed by atoms with Gasteiger partial charge in [-0.2, -0.15) is 0 Å². The molecule has 0 bridgehead atoms. The quantitative estimate of drug-likeness (QED) is 0.430. The number of fused-ring (bicyclic) bond motifs is 1. The number of likely N-dealkylation sites (tertiary alicyclic amines) is 1. The molecule has 1 aromatic heterocycles. The van der Waals surface area contributed by atoms with Crippen LogP contribution in [0.1, 0.15) is 18.4 Å². The van der Waals surface area contributed by atoms with Crippen molar-refractivity contribution in [2.24, 2.45) is 5.92 Å². The number of anilines is 1. The van der Waals surface area contributed by atoms with Gasteiger partial charge >= 0.3 is 0 Å². The maximum Gasteiger partial charge on any atom is 0.265 e. The average Bonchev–Trinajstić information content (AvgIpc) is 3.06. The molecule has 6 rings (SSSR count). The van der Waals surface area contributed by atoms with Crippen LogP contribution in [0.25, 0.3) is 21.7 Å². The van der Waals surface area contributed by atoms with E-state index >= 15 is 0 Å². The lowest BCUT2D eigenvalue weighted by Crippen LogP contribution is -2.41. The standard InChI is InChI=1S/C27H27N3O2S/c31-33(32)26-10-4-7-22-6-3-9-25(27(22)26)30(33)16-15-29-13-11-20(12-14-29)17-21-18-23-5-1-2-8-24(23)28-19-21/h1-10,18-20H,11-17H2. The van der Waals surface area contributed by atoms with Crippen molar-refractivity contribution in [3.8, 4) is 0 Å². The first-order valence-electron chi connectivity index (χ1n) is 11.7. The van der Waals surface area contributed by atoms with E-state index in [2.05, 4.69) is 34.1 Å². The molecule has 0 N–H and O–H groups in total. The van der Waals surface area contributed by atoms with E-state index in [1.54, 1.807) is 10.4 Å². The second-order valence-corrected chi connectivity index (χ2v) is 11.1. The first-order chi connectivity index (χ1) is 16.1. The molecule has 0 amide bonds. The zero-order chi connectivity index (χ0) is 22.4. The molecule has 1 saturated heterocycles. The summed E-state index contributed by atoms with van der Waals surface area (Å²) in [7, 11) is -3.47. The van der Waals surface area contributed by atoms with Crippen LogP contribution >= 0.6 is 0 Å². The van der Waals surface area contributed by atoms with Gasteiger partial charge in [-0.25, -0.2) is 8.42 Å². The summed E-state index contributed by atoms with van der Waals surface area (Å²) in [6.07, 6.45) is 5.35. The molecule has 3 heterocycles. The van der Waals surface area contributed by atoms with Crippen molar-refractivity contribution in [1.82, 2.24) is 9.88 Å². The van der Waals surface area contributed by atoms with Crippen molar-refractivity contribution < 1.29 is 8.42 Å². The molecule has 6 heteroatoms. The van der Waals surface area contributed by atoms with Crippen molar-refractivity contribution in [2.75, 3.05) is 30.5 Å². The fraction of sp³-hybridized carbons (Fsp3) is 0.296. The highest BCUT2D eigenvalue weighted by atomic mass is 32.2. The Kier molecular flexibility index (Phi) is 5.07. The minimum atomic E-state index is -3.47. The number of aromatic nitrogens is 1. The maximum atomic E-state index is 13.2. The van der Waals surface area contributed by atoms with Crippen LogP contribution in [0, 0.1) is 5.92 Å². The molecule has 33 heavy (non-hydrogen) atoms. The molecule has 3 aromatic carbocycles. The van der Waals surface area contributed by atoms with Gasteiger partial charge in [0.25, 0.3) is 10.0 Å². The third-order valence-electron chi connectivity index (χ3n) is 7.18. The number of rotatable bonds is 5. The van der Waals surface area contributed by atoms with Gasteiger partial charge in [0.05, 0.1) is 16.1 Å². The Morgan fingerprint density at radius 1 is 0.879 bits per heavy atom. The summed E-state index contributed by atoms with van der Waals surface area (Å²) in [6, 6.07) is 21.9. The van der Waals surface area contributed by atoms with Crippen LogP contribution in [0.5, 0.6) is 0 Å². The van der Waals surface area contributed by atoms with Gasteiger partial charge in [-0.05, 0) is 73.5 Å². The average molecular weight is 458 g/mol. The number of nitrogens with zero attached hydrogens (tertiary/aromatic N) is 3. The Bertz CT molecular complexity index is 1440. The molecular weight excluding hydrogens is 430 g/mol. The van der Waals surface area contributed by atoms with Crippen molar-refractivity contribution in [1.29, 1.82) is 0 Å². The summed E-state index contributed by atoms with van der Waals surface area (Å²) in [5.74, 6) is 0.651. The summed E-state index contributed by atoms with van der Waals surface area (Å²) in [6.45, 7) is 3.27. The molecule has 168 valence electrons. The topological polar surface area (TPSA) is 53.5 Å². The summed E-state index contributed by atoms with van der Waals surface area (Å²) in [4.78, 5) is 7.46. The highest BCUT2D eigenvalue weighted by Gasteiger charge is 2.35. The van der Waals surface area contributed by atoms with Crippen LogP contribution in [-0.2, 0) is 16.4 Å². The van der Waals surface area contributed by atoms with E-state index in [1.165, 1.54) is 10.9 Å². The van der Waals surface area contributed by atoms with E-state index in [4.69, 9.17) is 0 Å². The Morgan fingerprint density at radius 2 is 1.64 bits per heavy atom. The SMILES string of the molecule is O=S1(=O)c2cccc3cccc(c23)N1CCN1CCC(Cc2cnc3ccccc3c2)CC1. The molecule has 4 aromatic rings. The van der Waals surface area contributed by atoms with Gasteiger partial charge in [0.15, 0.2) is 0 Å². The van der Waals surface area contributed by atoms with Gasteiger partial charge in [0.1, 0.15) is 0 Å². The summed E-state index contributed by atoms with van der Waals surface area (Å²) < 4.78 is 28.0. The fourth-order valence-corrected chi connectivity index (χ4v) is 7.11. The lowest BCUT2D eigenvalue weighted by Gasteiger charge is -2.33. The van der Waals surface area contributed by atoms with Gasteiger partial charge in [-0.15, -0.1) is 0 Å². The van der Waals surface area contributed by atoms with Crippen molar-refractivity contribution >= 4 is 37.4 Å². The molecular formula is C27H27N3O2S. The largest absolute Gasteiger partial charge is 0.302 e. The van der Waals surface area contributed by atoms with E-state index in [1.807, 2.05) is 42.6 Å². The first kappa shape index (κ1) is 20.6. The van der Waals surface area contributed by atoms with Crippen LogP contribution in [0.4, 0.5) is 5.69 Å². The zero-order valence-electron chi connectivity index (χ0n) is 18.5. The lowest BCUT2D eigenvalue weighted by atomic mass is 9.90. The summed E-state index contributed by atoms with van der Waals surface area (Å²) >= 11 is 0. The van der Waals surface area contributed by atoms with Crippen molar-refractivity contribution in [3.63, 3.8) is 0 Å². The van der Waals surface area contributed by atoms with E-state index in [0.29, 0.717) is 17.4 Å². The lowest BCUT2D eigenvalue weighted by molar-refractivity contribution is 0.189. The van der Waals surface area contributed by atoms with Crippen LogP contribution in [0.15, 0.2) is 77.8 Å². The van der Waals surface area contributed by atoms with Crippen molar-refractivity contribution in [2.45, 2.75) is 24.2 Å². The van der Waals surface area contributed by atoms with Crippen LogP contribution < -0.4 is 4.31 Å². The predicted molar refractivity (Wildman–Crippen MR) is 133 cm³/mol. The predicted octanol–water partition coefficient (Wildman–Crippen LogP) is 4.85. The Morgan fingerprint density at radius 3 is 2.48 bits per heavy atom. The number of para-hydroxylation sites is 1. The van der Waals surface area contributed by atoms with Crippen LogP contribution in [0.2, 0.25) is 0 Å². The van der Waals surface area contributed by atoms with Gasteiger partial charge in [-0.1, -0.05) is 42.5 Å². The molecule has 0 saturated carbocycles. The van der Waals surface area contributed by atoms with Gasteiger partial charge in [-0.3, -0.25) is 9.29 Å². The summed E-state index contributed by atoms with van der Waals surface area (Å²) in [5, 5.41) is 3.05. The number of benzene rings is 3. The van der Waals surface area contributed by atoms with E-state index in [-0.39, 0.29) is 0 Å². The summed E-state index contributed by atoms with van der Waals surface area (Å²) in [5.41, 5.74) is 3.17. The fourth-order valence-electron chi connectivity index (χ4n) is 5.41. The Hall–Kier alpha value is -2.96. The molecule has 5 nitrogen and oxygen atoms in total. The molecule has 0 aliphatic carbocycles. The molecule has 0 spiro atoms. The van der Waals surface area contributed by atoms with Gasteiger partial charge in [0, 0.05) is 30.1 Å². The van der Waals surface area contributed by atoms with E-state index in [9.17, 15) is 8.42 Å². The maximum absolute atomic E-state index is 13.2. The number of sulfonamides is 1. The van der Waals surface area contributed by atoms with Gasteiger partial charge in [0.2, 0.25) is 0 Å². The molecule has 2 aliphatic heterocycles. The minimum Gasteiger partial charge on any atom is -0.302 e. The monoisotopic (exact) mass is 457 g/mol. The first-order valence-corrected chi connectivity index (χ1v) is 13.1. The van der Waals surface area contributed by atoms with Crippen LogP contribution in [0.3, 0.4) is 0 Å². The van der Waals surface area contributed by atoms with E-state index < -0.39 is 10.0 Å². The smallest absolute Gasteiger partial charge is 0.265 e. The highest BCUT2D eigenvalue weighted by Crippen LogP contribution is 2.41. The van der Waals surface area contributed by atoms with Crippen LogP contribution in [-0.4, -0.2) is 44.5 Å². The van der Waals surface area contributed by atoms with Crippen molar-refractivity contribution in [3.05, 3.63) is 78.5 Å². The molecule has 1 fully saturated rings. The third kappa shape index (κ3) is 3.67. The molecule has 0 atom stereocenters. The number of hydrogen-bond donors (Lipinski definition) is 0. The number of piperidine rings is 1. The Balaban J connectivity index is 1.09. The number of hydrogen-bond acceptors (Lipinski definition) is 4. The second-order valence-electron chi connectivity index (χ2n) is 9.23. The minimum absolute atomic E-state index is 0.443. The second kappa shape index (κ2) is 8.12. The number of pyridine rings is 1. The highest BCUT2D eigenvalue weighted by molar-refractivity contribution is 7.93. The van der Waals surface area contributed by atoms with E-state index in [0.717, 1.165) is 60.9 Å². The molecule has 0 radical (unpaired) electrons. The van der Waals surface area contributed by atoms with Gasteiger partial charge < -0.3 is 4.90 Å². The zero-order valence-corrected chi connectivity index (χ0v) is 19.3. The molecule has 0 unspecified atom stereocenters. The third-order valence-corrected chi connectivity index (χ3v) is 9.03. The normalized spacial score (nSPS) is 18.4.